The van der Waals surface area contributed by atoms with E-state index in [2.05, 4.69) is 35.0 Å². The Morgan fingerprint density at radius 3 is 2.43 bits per heavy atom. The zero-order valence-electron chi connectivity index (χ0n) is 20.5. The summed E-state index contributed by atoms with van der Waals surface area (Å²) in [6.45, 7) is 4.22. The smallest absolute Gasteiger partial charge is 0.251 e. The number of unbranched alkanes of at least 4 members (excludes halogenated alkanes) is 1. The van der Waals surface area contributed by atoms with E-state index >= 15 is 0 Å². The average molecular weight is 472 g/mol. The Bertz CT molecular complexity index is 1230. The molecule has 1 N–H and O–H groups in total. The van der Waals surface area contributed by atoms with E-state index in [9.17, 15) is 4.79 Å². The van der Waals surface area contributed by atoms with Crippen LogP contribution >= 0.6 is 0 Å². The molecule has 6 heteroatoms. The van der Waals surface area contributed by atoms with Crippen molar-refractivity contribution in [3.63, 3.8) is 0 Å². The lowest BCUT2D eigenvalue weighted by molar-refractivity contribution is 0.0954. The Hall–Kier alpha value is -3.80. The van der Waals surface area contributed by atoms with Gasteiger partial charge in [0.2, 0.25) is 0 Å². The van der Waals surface area contributed by atoms with E-state index in [-0.39, 0.29) is 5.91 Å². The van der Waals surface area contributed by atoms with Crippen molar-refractivity contribution in [2.24, 2.45) is 0 Å². The number of benzene rings is 3. The molecule has 4 aromatic rings. The highest BCUT2D eigenvalue weighted by atomic mass is 16.5. The minimum atomic E-state index is -0.0977. The molecular weight excluding hydrogens is 438 g/mol. The van der Waals surface area contributed by atoms with Gasteiger partial charge in [0.15, 0.2) is 0 Å². The molecular formula is C29H33N3O3. The molecule has 3 aromatic carbocycles. The standard InChI is InChI=1S/C29H33N3O3/c1-3-22-10-14-25(15-11-22)35-21-7-6-20-32-27-9-5-4-8-26(27)31-28(32)18-19-30-29(33)23-12-16-24(34-2)17-13-23/h4-5,8-17H,3,6-7,18-21H2,1-2H3,(H,30,33). The molecule has 6 nitrogen and oxygen atoms in total. The Kier molecular flexibility index (Phi) is 8.39. The third-order valence-electron chi connectivity index (χ3n) is 6.10. The molecule has 0 saturated carbocycles. The van der Waals surface area contributed by atoms with Gasteiger partial charge in [0, 0.05) is 25.1 Å². The van der Waals surface area contributed by atoms with Crippen molar-refractivity contribution < 1.29 is 14.3 Å². The molecule has 0 bridgehead atoms. The molecule has 0 fully saturated rings. The molecule has 0 aliphatic carbocycles. The molecule has 0 unspecified atom stereocenters. The van der Waals surface area contributed by atoms with Gasteiger partial charge in [0.05, 0.1) is 24.8 Å². The largest absolute Gasteiger partial charge is 0.497 e. The second-order valence-electron chi connectivity index (χ2n) is 8.46. The van der Waals surface area contributed by atoms with Crippen LogP contribution in [0.25, 0.3) is 11.0 Å². The van der Waals surface area contributed by atoms with Crippen LogP contribution in [-0.2, 0) is 19.4 Å². The number of ether oxygens (including phenoxy) is 2. The van der Waals surface area contributed by atoms with Crippen molar-refractivity contribution in [1.82, 2.24) is 14.9 Å². The van der Waals surface area contributed by atoms with Gasteiger partial charge in [0.1, 0.15) is 17.3 Å². The topological polar surface area (TPSA) is 65.4 Å². The third-order valence-corrected chi connectivity index (χ3v) is 6.10. The molecule has 35 heavy (non-hydrogen) atoms. The Balaban J connectivity index is 1.30. The third kappa shape index (κ3) is 6.41. The Morgan fingerprint density at radius 1 is 0.943 bits per heavy atom. The van der Waals surface area contributed by atoms with Gasteiger partial charge in [-0.1, -0.05) is 31.2 Å². The van der Waals surface area contributed by atoms with Gasteiger partial charge in [-0.3, -0.25) is 4.79 Å². The lowest BCUT2D eigenvalue weighted by Gasteiger charge is -2.11. The minimum absolute atomic E-state index is 0.0977. The summed E-state index contributed by atoms with van der Waals surface area (Å²) in [4.78, 5) is 17.3. The Morgan fingerprint density at radius 2 is 1.69 bits per heavy atom. The van der Waals surface area contributed by atoms with E-state index < -0.39 is 0 Å². The number of hydrogen-bond donors (Lipinski definition) is 1. The monoisotopic (exact) mass is 471 g/mol. The molecule has 0 atom stereocenters. The summed E-state index contributed by atoms with van der Waals surface area (Å²) in [5.41, 5.74) is 4.04. The van der Waals surface area contributed by atoms with Gasteiger partial charge >= 0.3 is 0 Å². The molecule has 0 spiro atoms. The number of para-hydroxylation sites is 2. The fourth-order valence-corrected chi connectivity index (χ4v) is 4.08. The summed E-state index contributed by atoms with van der Waals surface area (Å²) >= 11 is 0. The number of nitrogens with zero attached hydrogens (tertiary/aromatic N) is 2. The van der Waals surface area contributed by atoms with E-state index in [1.165, 1.54) is 5.56 Å². The number of fused-ring (bicyclic) bond motifs is 1. The quantitative estimate of drug-likeness (QED) is 0.280. The number of nitrogens with one attached hydrogen (secondary N) is 1. The fourth-order valence-electron chi connectivity index (χ4n) is 4.08. The summed E-state index contributed by atoms with van der Waals surface area (Å²) in [6, 6.07) is 23.6. The molecule has 0 aliphatic heterocycles. The number of hydrogen-bond acceptors (Lipinski definition) is 4. The predicted octanol–water partition coefficient (Wildman–Crippen LogP) is 5.44. The number of carbonyl (C=O) groups excluding carboxylic acids is 1. The van der Waals surface area contributed by atoms with Crippen LogP contribution in [0.15, 0.2) is 72.8 Å². The molecule has 0 radical (unpaired) electrons. The van der Waals surface area contributed by atoms with Gasteiger partial charge < -0.3 is 19.4 Å². The number of rotatable bonds is 12. The summed E-state index contributed by atoms with van der Waals surface area (Å²) in [5, 5.41) is 3.01. The number of carbonyl (C=O) groups is 1. The number of amides is 1. The van der Waals surface area contributed by atoms with Crippen LogP contribution < -0.4 is 14.8 Å². The maximum atomic E-state index is 12.5. The summed E-state index contributed by atoms with van der Waals surface area (Å²) in [7, 11) is 1.61. The zero-order valence-corrected chi connectivity index (χ0v) is 20.5. The van der Waals surface area contributed by atoms with Crippen molar-refractivity contribution in [1.29, 1.82) is 0 Å². The van der Waals surface area contributed by atoms with Crippen LogP contribution in [0.3, 0.4) is 0 Å². The lowest BCUT2D eigenvalue weighted by atomic mass is 10.2. The van der Waals surface area contributed by atoms with Crippen LogP contribution in [0, 0.1) is 0 Å². The second kappa shape index (κ2) is 12.1. The number of methoxy groups -OCH3 is 1. The number of aromatic nitrogens is 2. The minimum Gasteiger partial charge on any atom is -0.497 e. The van der Waals surface area contributed by atoms with Crippen molar-refractivity contribution >= 4 is 16.9 Å². The highest BCUT2D eigenvalue weighted by Gasteiger charge is 2.11. The molecule has 182 valence electrons. The summed E-state index contributed by atoms with van der Waals surface area (Å²) in [5.74, 6) is 2.54. The van der Waals surface area contributed by atoms with Gasteiger partial charge in [-0.15, -0.1) is 0 Å². The Labute approximate surface area is 206 Å². The first kappa shape index (κ1) is 24.3. The van der Waals surface area contributed by atoms with Crippen molar-refractivity contribution in [2.45, 2.75) is 39.2 Å². The van der Waals surface area contributed by atoms with E-state index in [1.54, 1.807) is 31.4 Å². The molecule has 4 rings (SSSR count). The van der Waals surface area contributed by atoms with E-state index in [0.717, 1.165) is 54.2 Å². The van der Waals surface area contributed by atoms with Crippen molar-refractivity contribution in [3.05, 3.63) is 89.7 Å². The maximum Gasteiger partial charge on any atom is 0.251 e. The van der Waals surface area contributed by atoms with Crippen LogP contribution in [0.5, 0.6) is 11.5 Å². The molecule has 1 aromatic heterocycles. The van der Waals surface area contributed by atoms with Crippen molar-refractivity contribution in [2.75, 3.05) is 20.3 Å². The fraction of sp³-hybridized carbons (Fsp3) is 0.310. The maximum absolute atomic E-state index is 12.5. The summed E-state index contributed by atoms with van der Waals surface area (Å²) < 4.78 is 13.3. The average Bonchev–Trinajstić information content (AvgIpc) is 3.26. The number of imidazole rings is 1. The predicted molar refractivity (Wildman–Crippen MR) is 139 cm³/mol. The molecule has 1 amide bonds. The van der Waals surface area contributed by atoms with Gasteiger partial charge in [-0.2, -0.15) is 0 Å². The number of aryl methyl sites for hydroxylation is 2. The highest BCUT2D eigenvalue weighted by molar-refractivity contribution is 5.94. The molecule has 0 saturated heterocycles. The van der Waals surface area contributed by atoms with Gasteiger partial charge in [-0.05, 0) is 73.4 Å². The first-order valence-electron chi connectivity index (χ1n) is 12.3. The van der Waals surface area contributed by atoms with Crippen LogP contribution in [0.4, 0.5) is 0 Å². The van der Waals surface area contributed by atoms with Gasteiger partial charge in [0.25, 0.3) is 5.91 Å². The first-order chi connectivity index (χ1) is 17.2. The molecule has 1 heterocycles. The van der Waals surface area contributed by atoms with Crippen LogP contribution in [0.2, 0.25) is 0 Å². The highest BCUT2D eigenvalue weighted by Crippen LogP contribution is 2.18. The second-order valence-corrected chi connectivity index (χ2v) is 8.46. The van der Waals surface area contributed by atoms with Crippen molar-refractivity contribution in [3.8, 4) is 11.5 Å². The lowest BCUT2D eigenvalue weighted by Crippen LogP contribution is -2.26. The van der Waals surface area contributed by atoms with Gasteiger partial charge in [-0.25, -0.2) is 4.98 Å². The molecule has 0 aliphatic rings. The SMILES string of the molecule is CCc1ccc(OCCCCn2c(CCNC(=O)c3ccc(OC)cc3)nc3ccccc32)cc1. The van der Waals surface area contributed by atoms with Crippen LogP contribution in [0.1, 0.15) is 41.5 Å². The van der Waals surface area contributed by atoms with Crippen LogP contribution in [-0.4, -0.2) is 35.7 Å². The van der Waals surface area contributed by atoms with E-state index in [1.807, 2.05) is 30.3 Å². The van der Waals surface area contributed by atoms with E-state index in [4.69, 9.17) is 14.5 Å². The summed E-state index contributed by atoms with van der Waals surface area (Å²) in [6.07, 6.45) is 3.64. The van der Waals surface area contributed by atoms with E-state index in [0.29, 0.717) is 25.1 Å². The first-order valence-corrected chi connectivity index (χ1v) is 12.3. The normalized spacial score (nSPS) is 10.9. The zero-order chi connectivity index (χ0) is 24.5.